The number of rotatable bonds is 5. The summed E-state index contributed by atoms with van der Waals surface area (Å²) in [5.74, 6) is 1.07. The molecular formula is C24H17N5O. The van der Waals surface area contributed by atoms with Gasteiger partial charge in [0.2, 0.25) is 0 Å². The number of nitrogens with zero attached hydrogens (tertiary/aromatic N) is 4. The number of fused-ring (bicyclic) bond motifs is 1. The van der Waals surface area contributed by atoms with E-state index in [1.165, 1.54) is 0 Å². The van der Waals surface area contributed by atoms with E-state index in [2.05, 4.69) is 10.4 Å². The Labute approximate surface area is 172 Å². The number of para-hydroxylation sites is 3. The average molecular weight is 391 g/mol. The van der Waals surface area contributed by atoms with Crippen molar-refractivity contribution in [1.29, 1.82) is 0 Å². The molecule has 0 spiro atoms. The summed E-state index contributed by atoms with van der Waals surface area (Å²) in [6.07, 6.45) is 2.49. The minimum atomic E-state index is 0.488. The van der Waals surface area contributed by atoms with E-state index in [0.717, 1.165) is 28.6 Å². The van der Waals surface area contributed by atoms with E-state index in [1.807, 2.05) is 84.9 Å². The first-order valence-corrected chi connectivity index (χ1v) is 9.51. The summed E-state index contributed by atoms with van der Waals surface area (Å²) in [6.45, 7) is 0. The van der Waals surface area contributed by atoms with Crippen LogP contribution in [0.3, 0.4) is 0 Å². The van der Waals surface area contributed by atoms with Crippen molar-refractivity contribution < 1.29 is 4.79 Å². The summed E-state index contributed by atoms with van der Waals surface area (Å²) >= 11 is 0. The molecule has 0 aliphatic carbocycles. The lowest BCUT2D eigenvalue weighted by Crippen LogP contribution is -2.06. The highest BCUT2D eigenvalue weighted by Crippen LogP contribution is 2.27. The number of carbonyl (C=O) groups excluding carboxylic acids is 1. The van der Waals surface area contributed by atoms with Crippen LogP contribution in [0.25, 0.3) is 28.1 Å². The molecule has 0 aliphatic rings. The monoisotopic (exact) mass is 391 g/mol. The van der Waals surface area contributed by atoms with Crippen LogP contribution < -0.4 is 5.32 Å². The number of aromatic nitrogens is 4. The van der Waals surface area contributed by atoms with E-state index in [-0.39, 0.29) is 0 Å². The van der Waals surface area contributed by atoms with Gasteiger partial charge in [0, 0.05) is 17.4 Å². The summed E-state index contributed by atoms with van der Waals surface area (Å²) in [6, 6.07) is 27.0. The van der Waals surface area contributed by atoms with Crippen LogP contribution in [0.15, 0.2) is 91.1 Å². The molecule has 0 bridgehead atoms. The molecule has 5 rings (SSSR count). The van der Waals surface area contributed by atoms with Crippen molar-refractivity contribution in [2.75, 3.05) is 5.32 Å². The number of carbonyl (C=O) groups is 1. The minimum absolute atomic E-state index is 0.488. The molecule has 0 saturated heterocycles. The van der Waals surface area contributed by atoms with E-state index < -0.39 is 0 Å². The third kappa shape index (κ3) is 3.31. The molecule has 0 radical (unpaired) electrons. The van der Waals surface area contributed by atoms with Gasteiger partial charge in [-0.25, -0.2) is 14.6 Å². The van der Waals surface area contributed by atoms with Crippen LogP contribution in [-0.2, 0) is 0 Å². The van der Waals surface area contributed by atoms with E-state index in [4.69, 9.17) is 9.97 Å². The zero-order valence-electron chi connectivity index (χ0n) is 15.9. The van der Waals surface area contributed by atoms with Crippen LogP contribution in [0.4, 0.5) is 11.5 Å². The lowest BCUT2D eigenvalue weighted by molar-refractivity contribution is 0.112. The number of hydrogen-bond acceptors (Lipinski definition) is 5. The van der Waals surface area contributed by atoms with Gasteiger partial charge in [-0.1, -0.05) is 60.7 Å². The zero-order valence-corrected chi connectivity index (χ0v) is 15.9. The van der Waals surface area contributed by atoms with Crippen LogP contribution in [0.1, 0.15) is 10.4 Å². The van der Waals surface area contributed by atoms with E-state index in [1.54, 1.807) is 10.9 Å². The molecule has 0 saturated carbocycles. The Morgan fingerprint density at radius 3 is 2.10 bits per heavy atom. The standard InChI is InChI=1S/C24H17N5O/c30-16-18-15-29(28-22(18)17-9-3-1-4-10-17)24-23(25-19-11-5-2-6-12-19)26-20-13-7-8-14-21(20)27-24/h1-16H,(H,25,26). The SMILES string of the molecule is O=Cc1cn(-c2nc3ccccc3nc2Nc2ccccc2)nc1-c1ccccc1. The van der Waals surface area contributed by atoms with Crippen molar-refractivity contribution >= 4 is 28.8 Å². The highest BCUT2D eigenvalue weighted by molar-refractivity contribution is 5.86. The Hall–Kier alpha value is -4.32. The summed E-state index contributed by atoms with van der Waals surface area (Å²) in [7, 11) is 0. The predicted octanol–water partition coefficient (Wildman–Crippen LogP) is 5.04. The minimum Gasteiger partial charge on any atom is -0.337 e. The van der Waals surface area contributed by atoms with Crippen LogP contribution >= 0.6 is 0 Å². The topological polar surface area (TPSA) is 72.7 Å². The maximum atomic E-state index is 11.7. The predicted molar refractivity (Wildman–Crippen MR) is 117 cm³/mol. The molecular weight excluding hydrogens is 374 g/mol. The van der Waals surface area contributed by atoms with Crippen molar-refractivity contribution in [3.8, 4) is 17.1 Å². The first-order chi connectivity index (χ1) is 14.8. The molecule has 2 heterocycles. The second-order valence-electron chi connectivity index (χ2n) is 6.74. The molecule has 0 amide bonds. The summed E-state index contributed by atoms with van der Waals surface area (Å²) in [5, 5.41) is 8.00. The Balaban J connectivity index is 1.69. The number of hydrogen-bond donors (Lipinski definition) is 1. The number of benzene rings is 3. The van der Waals surface area contributed by atoms with Crippen LogP contribution in [0.2, 0.25) is 0 Å². The molecule has 6 nitrogen and oxygen atoms in total. The smallest absolute Gasteiger partial charge is 0.197 e. The fourth-order valence-electron chi connectivity index (χ4n) is 3.29. The second-order valence-corrected chi connectivity index (χ2v) is 6.74. The van der Waals surface area contributed by atoms with Gasteiger partial charge < -0.3 is 5.32 Å². The maximum Gasteiger partial charge on any atom is 0.197 e. The summed E-state index contributed by atoms with van der Waals surface area (Å²) in [4.78, 5) is 21.3. The highest BCUT2D eigenvalue weighted by atomic mass is 16.1. The quantitative estimate of drug-likeness (QED) is 0.425. The third-order valence-electron chi connectivity index (χ3n) is 4.72. The second kappa shape index (κ2) is 7.60. The molecule has 2 aromatic heterocycles. The third-order valence-corrected chi connectivity index (χ3v) is 4.72. The number of anilines is 2. The normalized spacial score (nSPS) is 10.8. The van der Waals surface area contributed by atoms with Crippen LogP contribution in [0, 0.1) is 0 Å². The fraction of sp³-hybridized carbons (Fsp3) is 0. The summed E-state index contributed by atoms with van der Waals surface area (Å²) < 4.78 is 1.61. The first kappa shape index (κ1) is 17.8. The molecule has 5 aromatic rings. The van der Waals surface area contributed by atoms with Crippen LogP contribution in [0.5, 0.6) is 0 Å². The van der Waals surface area contributed by atoms with Gasteiger partial charge in [0.1, 0.15) is 5.69 Å². The van der Waals surface area contributed by atoms with Crippen molar-refractivity contribution in [2.45, 2.75) is 0 Å². The Morgan fingerprint density at radius 1 is 0.767 bits per heavy atom. The number of aldehydes is 1. The zero-order chi connectivity index (χ0) is 20.3. The van der Waals surface area contributed by atoms with Crippen molar-refractivity contribution in [3.63, 3.8) is 0 Å². The molecule has 144 valence electrons. The lowest BCUT2D eigenvalue weighted by atomic mass is 10.1. The maximum absolute atomic E-state index is 11.7. The first-order valence-electron chi connectivity index (χ1n) is 9.51. The lowest BCUT2D eigenvalue weighted by Gasteiger charge is -2.11. The largest absolute Gasteiger partial charge is 0.337 e. The highest BCUT2D eigenvalue weighted by Gasteiger charge is 2.17. The van der Waals surface area contributed by atoms with Gasteiger partial charge in [-0.05, 0) is 24.3 Å². The molecule has 1 N–H and O–H groups in total. The molecule has 0 fully saturated rings. The Bertz CT molecular complexity index is 1330. The molecule has 0 unspecified atom stereocenters. The molecule has 30 heavy (non-hydrogen) atoms. The molecule has 6 heteroatoms. The molecule has 0 aliphatic heterocycles. The van der Waals surface area contributed by atoms with Gasteiger partial charge >= 0.3 is 0 Å². The summed E-state index contributed by atoms with van der Waals surface area (Å²) in [5.41, 5.74) is 4.35. The van der Waals surface area contributed by atoms with Crippen molar-refractivity contribution in [2.24, 2.45) is 0 Å². The van der Waals surface area contributed by atoms with Gasteiger partial charge in [-0.15, -0.1) is 0 Å². The Kier molecular flexibility index (Phi) is 4.50. The fourth-order valence-corrected chi connectivity index (χ4v) is 3.29. The van der Waals surface area contributed by atoms with Gasteiger partial charge in [-0.3, -0.25) is 4.79 Å². The van der Waals surface area contributed by atoms with Gasteiger partial charge in [0.15, 0.2) is 17.9 Å². The molecule has 0 atom stereocenters. The van der Waals surface area contributed by atoms with E-state index in [9.17, 15) is 4.79 Å². The van der Waals surface area contributed by atoms with Gasteiger partial charge in [0.05, 0.1) is 16.6 Å². The average Bonchev–Trinajstić information content (AvgIpc) is 3.24. The number of nitrogens with one attached hydrogen (secondary N) is 1. The van der Waals surface area contributed by atoms with Crippen LogP contribution in [-0.4, -0.2) is 26.0 Å². The van der Waals surface area contributed by atoms with E-state index in [0.29, 0.717) is 22.9 Å². The van der Waals surface area contributed by atoms with Crippen molar-refractivity contribution in [1.82, 2.24) is 19.7 Å². The Morgan fingerprint density at radius 2 is 1.40 bits per heavy atom. The van der Waals surface area contributed by atoms with E-state index >= 15 is 0 Å². The molecule has 3 aromatic carbocycles. The van der Waals surface area contributed by atoms with Gasteiger partial charge in [-0.2, -0.15) is 5.10 Å². The van der Waals surface area contributed by atoms with Gasteiger partial charge in [0.25, 0.3) is 0 Å². The van der Waals surface area contributed by atoms with Crippen molar-refractivity contribution in [3.05, 3.63) is 96.7 Å².